The van der Waals surface area contributed by atoms with Gasteiger partial charge in [0.1, 0.15) is 0 Å². The maximum atomic E-state index is 13.1. The summed E-state index contributed by atoms with van der Waals surface area (Å²) in [6.45, 7) is 1.75. The van der Waals surface area contributed by atoms with Gasteiger partial charge in [0.2, 0.25) is 10.0 Å². The second-order valence-electron chi connectivity index (χ2n) is 5.07. The average Bonchev–Trinajstić information content (AvgIpc) is 2.83. The summed E-state index contributed by atoms with van der Waals surface area (Å²) in [5, 5.41) is 11.7. The molecular formula is C13H15F3N4O2S. The van der Waals surface area contributed by atoms with Crippen LogP contribution in [0, 0.1) is 0 Å². The summed E-state index contributed by atoms with van der Waals surface area (Å²) in [6.07, 6.45) is -1.53. The molecule has 0 amide bonds. The molecular weight excluding hydrogens is 333 g/mol. The van der Waals surface area contributed by atoms with Gasteiger partial charge in [-0.1, -0.05) is 0 Å². The SMILES string of the molecule is CC(Nc1ccc(S(N)(=O)=O)c(C(F)(F)F)c1)c1cnn(C)c1. The molecule has 2 rings (SSSR count). The molecule has 0 aliphatic rings. The molecule has 0 bridgehead atoms. The third-order valence-electron chi connectivity index (χ3n) is 3.20. The molecule has 0 saturated carbocycles. The van der Waals surface area contributed by atoms with Gasteiger partial charge < -0.3 is 5.32 Å². The summed E-state index contributed by atoms with van der Waals surface area (Å²) in [6, 6.07) is 2.50. The summed E-state index contributed by atoms with van der Waals surface area (Å²) in [5.74, 6) is 0. The van der Waals surface area contributed by atoms with Crippen LogP contribution in [0.2, 0.25) is 0 Å². The van der Waals surface area contributed by atoms with Gasteiger partial charge in [-0.15, -0.1) is 0 Å². The number of benzene rings is 1. The van der Waals surface area contributed by atoms with E-state index in [1.165, 1.54) is 6.07 Å². The van der Waals surface area contributed by atoms with E-state index in [1.807, 2.05) is 0 Å². The molecule has 6 nitrogen and oxygen atoms in total. The van der Waals surface area contributed by atoms with Crippen LogP contribution >= 0.6 is 0 Å². The molecule has 1 heterocycles. The van der Waals surface area contributed by atoms with Crippen molar-refractivity contribution < 1.29 is 21.6 Å². The molecule has 1 aromatic carbocycles. The Morgan fingerprint density at radius 2 is 2.00 bits per heavy atom. The minimum absolute atomic E-state index is 0.126. The van der Waals surface area contributed by atoms with E-state index in [1.54, 1.807) is 31.0 Å². The van der Waals surface area contributed by atoms with Crippen LogP contribution in [0.25, 0.3) is 0 Å². The van der Waals surface area contributed by atoms with Crippen LogP contribution in [0.1, 0.15) is 24.1 Å². The third-order valence-corrected chi connectivity index (χ3v) is 4.17. The molecule has 0 aliphatic heterocycles. The smallest absolute Gasteiger partial charge is 0.378 e. The largest absolute Gasteiger partial charge is 0.417 e. The molecule has 0 fully saturated rings. The van der Waals surface area contributed by atoms with E-state index in [0.29, 0.717) is 0 Å². The zero-order chi connectivity index (χ0) is 17.4. The van der Waals surface area contributed by atoms with Crippen LogP contribution in [0.4, 0.5) is 18.9 Å². The summed E-state index contributed by atoms with van der Waals surface area (Å²) in [4.78, 5) is -0.954. The summed E-state index contributed by atoms with van der Waals surface area (Å²) < 4.78 is 63.4. The van der Waals surface area contributed by atoms with Gasteiger partial charge in [0.05, 0.1) is 22.7 Å². The van der Waals surface area contributed by atoms with Crippen LogP contribution in [0.5, 0.6) is 0 Å². The topological polar surface area (TPSA) is 90.0 Å². The van der Waals surface area contributed by atoms with Crippen LogP contribution in [-0.2, 0) is 23.2 Å². The Labute approximate surface area is 131 Å². The number of anilines is 1. The van der Waals surface area contributed by atoms with Crippen molar-refractivity contribution in [3.63, 3.8) is 0 Å². The number of hydrogen-bond acceptors (Lipinski definition) is 4. The molecule has 1 atom stereocenters. The van der Waals surface area contributed by atoms with Crippen LogP contribution in [-0.4, -0.2) is 18.2 Å². The number of halogens is 3. The summed E-state index contributed by atoms with van der Waals surface area (Å²) in [5.41, 5.74) is -0.402. The Morgan fingerprint density at radius 1 is 1.35 bits per heavy atom. The lowest BCUT2D eigenvalue weighted by molar-refractivity contribution is -0.139. The van der Waals surface area contributed by atoms with Gasteiger partial charge in [0.25, 0.3) is 0 Å². The van der Waals surface area contributed by atoms with Gasteiger partial charge in [-0.05, 0) is 25.1 Å². The number of aromatic nitrogens is 2. The zero-order valence-corrected chi connectivity index (χ0v) is 13.1. The van der Waals surface area contributed by atoms with E-state index in [-0.39, 0.29) is 11.7 Å². The molecule has 2 aromatic rings. The maximum absolute atomic E-state index is 13.1. The van der Waals surface area contributed by atoms with Crippen molar-refractivity contribution in [3.8, 4) is 0 Å². The molecule has 0 spiro atoms. The monoisotopic (exact) mass is 348 g/mol. The molecule has 0 aliphatic carbocycles. The minimum Gasteiger partial charge on any atom is -0.378 e. The number of hydrogen-bond donors (Lipinski definition) is 2. The number of aryl methyl sites for hydroxylation is 1. The van der Waals surface area contributed by atoms with E-state index in [9.17, 15) is 21.6 Å². The van der Waals surface area contributed by atoms with Crippen molar-refractivity contribution >= 4 is 15.7 Å². The van der Waals surface area contributed by atoms with Crippen molar-refractivity contribution in [2.75, 3.05) is 5.32 Å². The number of nitrogens with zero attached hydrogens (tertiary/aromatic N) is 2. The highest BCUT2D eigenvalue weighted by Crippen LogP contribution is 2.36. The molecule has 1 unspecified atom stereocenters. The fourth-order valence-electron chi connectivity index (χ4n) is 2.09. The predicted octanol–water partition coefficient (Wildman–Crippen LogP) is 2.26. The fourth-order valence-corrected chi connectivity index (χ4v) is 2.83. The highest BCUT2D eigenvalue weighted by Gasteiger charge is 2.36. The Balaban J connectivity index is 2.38. The van der Waals surface area contributed by atoms with Gasteiger partial charge in [-0.25, -0.2) is 13.6 Å². The lowest BCUT2D eigenvalue weighted by Gasteiger charge is -2.17. The first-order chi connectivity index (χ1) is 10.5. The number of primary sulfonamides is 1. The van der Waals surface area contributed by atoms with E-state index >= 15 is 0 Å². The van der Waals surface area contributed by atoms with E-state index in [2.05, 4.69) is 10.4 Å². The van der Waals surface area contributed by atoms with Gasteiger partial charge >= 0.3 is 6.18 Å². The first-order valence-corrected chi connectivity index (χ1v) is 8.02. The number of nitrogens with two attached hydrogens (primary N) is 1. The van der Waals surface area contributed by atoms with Gasteiger partial charge in [-0.2, -0.15) is 18.3 Å². The minimum atomic E-state index is -4.84. The predicted molar refractivity (Wildman–Crippen MR) is 78.1 cm³/mol. The fraction of sp³-hybridized carbons (Fsp3) is 0.308. The van der Waals surface area contributed by atoms with E-state index in [0.717, 1.165) is 17.7 Å². The first kappa shape index (κ1) is 17.3. The van der Waals surface area contributed by atoms with Crippen LogP contribution < -0.4 is 10.5 Å². The quantitative estimate of drug-likeness (QED) is 0.887. The third kappa shape index (κ3) is 4.02. The van der Waals surface area contributed by atoms with Crippen molar-refractivity contribution in [3.05, 3.63) is 41.7 Å². The maximum Gasteiger partial charge on any atom is 0.417 e. The van der Waals surface area contributed by atoms with E-state index < -0.39 is 26.7 Å². The number of nitrogens with one attached hydrogen (secondary N) is 1. The van der Waals surface area contributed by atoms with Crippen molar-refractivity contribution in [2.45, 2.75) is 24.0 Å². The van der Waals surface area contributed by atoms with E-state index in [4.69, 9.17) is 5.14 Å². The second-order valence-corrected chi connectivity index (χ2v) is 6.60. The normalized spacial score (nSPS) is 13.8. The molecule has 10 heteroatoms. The second kappa shape index (κ2) is 5.85. The van der Waals surface area contributed by atoms with Crippen molar-refractivity contribution in [1.82, 2.24) is 9.78 Å². The highest BCUT2D eigenvalue weighted by atomic mass is 32.2. The van der Waals surface area contributed by atoms with Crippen LogP contribution in [0.15, 0.2) is 35.5 Å². The molecule has 0 saturated heterocycles. The van der Waals surface area contributed by atoms with Gasteiger partial charge in [-0.3, -0.25) is 4.68 Å². The standard InChI is InChI=1S/C13H15F3N4O2S/c1-8(9-6-18-20(2)7-9)19-10-3-4-12(23(17,21)22)11(5-10)13(14,15)16/h3-8,19H,1-2H3,(H2,17,21,22). The van der Waals surface area contributed by atoms with Crippen molar-refractivity contribution in [2.24, 2.45) is 12.2 Å². The first-order valence-electron chi connectivity index (χ1n) is 6.47. The van der Waals surface area contributed by atoms with Crippen molar-refractivity contribution in [1.29, 1.82) is 0 Å². The lowest BCUT2D eigenvalue weighted by atomic mass is 10.1. The molecule has 23 heavy (non-hydrogen) atoms. The van der Waals surface area contributed by atoms with Gasteiger partial charge in [0.15, 0.2) is 0 Å². The van der Waals surface area contributed by atoms with Crippen LogP contribution in [0.3, 0.4) is 0 Å². The Kier molecular flexibility index (Phi) is 4.40. The number of alkyl halides is 3. The highest BCUT2D eigenvalue weighted by molar-refractivity contribution is 7.89. The zero-order valence-electron chi connectivity index (χ0n) is 12.3. The Morgan fingerprint density at radius 3 is 2.48 bits per heavy atom. The summed E-state index contributed by atoms with van der Waals surface area (Å²) >= 11 is 0. The van der Waals surface area contributed by atoms with Gasteiger partial charge in [0, 0.05) is 24.5 Å². The molecule has 0 radical (unpaired) electrons. The molecule has 3 N–H and O–H groups in total. The molecule has 1 aromatic heterocycles. The Hall–Kier alpha value is -2.07. The lowest BCUT2D eigenvalue weighted by Crippen LogP contribution is -2.19. The number of sulfonamides is 1. The summed E-state index contributed by atoms with van der Waals surface area (Å²) in [7, 11) is -2.75. The Bertz CT molecular complexity index is 815. The average molecular weight is 348 g/mol. The molecule has 126 valence electrons. The number of rotatable bonds is 4.